The summed E-state index contributed by atoms with van der Waals surface area (Å²) in [5, 5.41) is 10.0. The molecule has 67 valence electrons. The van der Waals surface area contributed by atoms with Crippen LogP contribution in [0.2, 0.25) is 0 Å². The highest BCUT2D eigenvalue weighted by Crippen LogP contribution is 1.97. The van der Waals surface area contributed by atoms with Gasteiger partial charge in [0.05, 0.1) is 0 Å². The van der Waals surface area contributed by atoms with Crippen LogP contribution in [0.25, 0.3) is 0 Å². The first-order valence-electron chi connectivity index (χ1n) is 3.87. The minimum atomic E-state index is 0.439. The van der Waals surface area contributed by atoms with Crippen molar-refractivity contribution in [2.45, 2.75) is 6.42 Å². The molecule has 1 N–H and O–H groups in total. The van der Waals surface area contributed by atoms with Crippen LogP contribution in [0.1, 0.15) is 6.42 Å². The van der Waals surface area contributed by atoms with Crippen molar-refractivity contribution in [2.24, 2.45) is 0 Å². The first kappa shape index (κ1) is 8.99. The Balaban J connectivity index is 2.04. The molecular weight excluding hydrogens is 156 g/mol. The largest absolute Gasteiger partial charge is 0.399 e. The lowest BCUT2D eigenvalue weighted by Gasteiger charge is -2.08. The number of anilines is 1. The topological polar surface area (TPSA) is 54.2 Å². The van der Waals surface area contributed by atoms with E-state index in [-0.39, 0.29) is 0 Å². The van der Waals surface area contributed by atoms with Gasteiger partial charge in [-0.3, -0.25) is 0 Å². The molecule has 0 aliphatic heterocycles. The molecule has 1 aromatic rings. The third-order valence-corrected chi connectivity index (χ3v) is 1.38. The maximum atomic E-state index is 4.77. The average molecular weight is 169 g/mol. The molecule has 0 amide bonds. The highest BCUT2D eigenvalue weighted by molar-refractivity contribution is 5.14. The van der Waals surface area contributed by atoms with Gasteiger partial charge < -0.3 is 14.6 Å². The van der Waals surface area contributed by atoms with Crippen LogP contribution in [-0.4, -0.2) is 42.3 Å². The van der Waals surface area contributed by atoms with Crippen molar-refractivity contribution in [3.8, 4) is 0 Å². The molecule has 0 unspecified atom stereocenters. The molecule has 1 heterocycles. The number of nitrogens with zero attached hydrogens (tertiary/aromatic N) is 3. The summed E-state index contributed by atoms with van der Waals surface area (Å²) < 4.78 is 4.77. The molecule has 0 fully saturated rings. The fourth-order valence-electron chi connectivity index (χ4n) is 0.812. The second kappa shape index (κ2) is 4.71. The van der Waals surface area contributed by atoms with E-state index < -0.39 is 0 Å². The molecule has 0 atom stereocenters. The van der Waals surface area contributed by atoms with Crippen LogP contribution in [0.15, 0.2) is 4.42 Å². The van der Waals surface area contributed by atoms with Crippen LogP contribution < -0.4 is 5.32 Å². The zero-order chi connectivity index (χ0) is 8.81. The van der Waals surface area contributed by atoms with E-state index in [4.69, 9.17) is 4.42 Å². The minimum Gasteiger partial charge on any atom is -0.399 e. The Morgan fingerprint density at radius 3 is 3.00 bits per heavy atom. The molecule has 1 aromatic heterocycles. The standard InChI is InChI=1S/C7H13N4O/c1-11(2)5-3-4-8-7-10-9-6-12-7/h3-5H2,1-2H3,(H,8,10). The van der Waals surface area contributed by atoms with E-state index in [1.165, 1.54) is 0 Å². The summed E-state index contributed by atoms with van der Waals surface area (Å²) in [6.45, 7) is 1.89. The molecule has 0 aromatic carbocycles. The zero-order valence-electron chi connectivity index (χ0n) is 7.37. The predicted octanol–water partition coefficient (Wildman–Crippen LogP) is 0.233. The van der Waals surface area contributed by atoms with Gasteiger partial charge in [-0.15, -0.1) is 5.10 Å². The monoisotopic (exact) mass is 169 g/mol. The predicted molar refractivity (Wildman–Crippen MR) is 44.8 cm³/mol. The third-order valence-electron chi connectivity index (χ3n) is 1.38. The van der Waals surface area contributed by atoms with Crippen molar-refractivity contribution in [1.82, 2.24) is 15.1 Å². The number of hydrogen-bond acceptors (Lipinski definition) is 5. The normalized spacial score (nSPS) is 10.6. The van der Waals surface area contributed by atoms with Crippen LogP contribution in [0, 0.1) is 6.39 Å². The quantitative estimate of drug-likeness (QED) is 0.639. The molecular formula is C7H13N4O. The minimum absolute atomic E-state index is 0.439. The number of nitrogens with one attached hydrogen (secondary N) is 1. The van der Waals surface area contributed by atoms with Gasteiger partial charge in [0.1, 0.15) is 0 Å². The van der Waals surface area contributed by atoms with Crippen molar-refractivity contribution in [3.63, 3.8) is 0 Å². The van der Waals surface area contributed by atoms with Gasteiger partial charge in [0, 0.05) is 6.54 Å². The first-order valence-corrected chi connectivity index (χ1v) is 3.87. The van der Waals surface area contributed by atoms with Crippen molar-refractivity contribution in [1.29, 1.82) is 0 Å². The molecule has 1 radical (unpaired) electrons. The van der Waals surface area contributed by atoms with E-state index in [0.717, 1.165) is 19.5 Å². The van der Waals surface area contributed by atoms with Crippen LogP contribution in [0.5, 0.6) is 0 Å². The van der Waals surface area contributed by atoms with Gasteiger partial charge in [0.25, 0.3) is 0 Å². The Morgan fingerprint density at radius 1 is 1.58 bits per heavy atom. The molecule has 0 spiro atoms. The number of hydrogen-bond donors (Lipinski definition) is 1. The summed E-state index contributed by atoms with van der Waals surface area (Å²) >= 11 is 0. The second-order valence-corrected chi connectivity index (χ2v) is 2.78. The zero-order valence-corrected chi connectivity index (χ0v) is 7.37. The van der Waals surface area contributed by atoms with Crippen molar-refractivity contribution < 1.29 is 4.42 Å². The van der Waals surface area contributed by atoms with E-state index in [1.54, 1.807) is 0 Å². The summed E-state index contributed by atoms with van der Waals surface area (Å²) in [6, 6.07) is 0.439. The Hall–Kier alpha value is -1.10. The maximum Gasteiger partial charge on any atom is 0.315 e. The highest BCUT2D eigenvalue weighted by Gasteiger charge is 1.96. The molecule has 1 rings (SSSR count). The van der Waals surface area contributed by atoms with Gasteiger partial charge in [-0.05, 0) is 27.1 Å². The summed E-state index contributed by atoms with van der Waals surface area (Å²) in [4.78, 5) is 2.13. The Kier molecular flexibility index (Phi) is 3.53. The Labute approximate surface area is 71.8 Å². The summed E-state index contributed by atoms with van der Waals surface area (Å²) in [7, 11) is 4.08. The van der Waals surface area contributed by atoms with Gasteiger partial charge in [0.2, 0.25) is 0 Å². The third kappa shape index (κ3) is 3.34. The van der Waals surface area contributed by atoms with Gasteiger partial charge in [-0.25, -0.2) is 0 Å². The molecule has 0 saturated carbocycles. The van der Waals surface area contributed by atoms with Gasteiger partial charge >= 0.3 is 12.4 Å². The number of aromatic nitrogens is 2. The van der Waals surface area contributed by atoms with E-state index in [1.807, 2.05) is 14.1 Å². The van der Waals surface area contributed by atoms with Crippen molar-refractivity contribution >= 4 is 6.01 Å². The average Bonchev–Trinajstić information content (AvgIpc) is 2.49. The Morgan fingerprint density at radius 2 is 2.42 bits per heavy atom. The van der Waals surface area contributed by atoms with Crippen LogP contribution in [0.3, 0.4) is 0 Å². The molecule has 5 heteroatoms. The maximum absolute atomic E-state index is 4.77. The molecule has 12 heavy (non-hydrogen) atoms. The molecule has 0 aliphatic rings. The highest BCUT2D eigenvalue weighted by atomic mass is 16.4. The molecule has 0 saturated heterocycles. The molecule has 0 bridgehead atoms. The lowest BCUT2D eigenvalue weighted by molar-refractivity contribution is 0.404. The Bertz CT molecular complexity index is 197. The van der Waals surface area contributed by atoms with Crippen LogP contribution in [0.4, 0.5) is 6.01 Å². The lowest BCUT2D eigenvalue weighted by Crippen LogP contribution is -2.16. The summed E-state index contributed by atoms with van der Waals surface area (Å²) in [5.74, 6) is 0. The second-order valence-electron chi connectivity index (χ2n) is 2.78. The van der Waals surface area contributed by atoms with Gasteiger partial charge in [-0.2, -0.15) is 0 Å². The van der Waals surface area contributed by atoms with Gasteiger partial charge in [-0.1, -0.05) is 5.10 Å². The van der Waals surface area contributed by atoms with E-state index >= 15 is 0 Å². The lowest BCUT2D eigenvalue weighted by atomic mass is 10.4. The molecule has 0 aliphatic carbocycles. The molecule has 5 nitrogen and oxygen atoms in total. The SMILES string of the molecule is CN(C)CCCNc1nn[c]o1. The van der Waals surface area contributed by atoms with Crippen molar-refractivity contribution in [3.05, 3.63) is 6.39 Å². The smallest absolute Gasteiger partial charge is 0.315 e. The van der Waals surface area contributed by atoms with E-state index in [9.17, 15) is 0 Å². The van der Waals surface area contributed by atoms with Crippen LogP contribution >= 0.6 is 0 Å². The van der Waals surface area contributed by atoms with Crippen LogP contribution in [-0.2, 0) is 0 Å². The summed E-state index contributed by atoms with van der Waals surface area (Å²) in [5.41, 5.74) is 0. The van der Waals surface area contributed by atoms with E-state index in [2.05, 4.69) is 26.8 Å². The first-order chi connectivity index (χ1) is 5.79. The van der Waals surface area contributed by atoms with Crippen molar-refractivity contribution in [2.75, 3.05) is 32.5 Å². The number of rotatable bonds is 5. The fourth-order valence-corrected chi connectivity index (χ4v) is 0.812. The fraction of sp³-hybridized carbons (Fsp3) is 0.714. The van der Waals surface area contributed by atoms with Gasteiger partial charge in [0.15, 0.2) is 0 Å². The summed E-state index contributed by atoms with van der Waals surface area (Å²) in [6.07, 6.45) is 3.32. The van der Waals surface area contributed by atoms with E-state index in [0.29, 0.717) is 6.01 Å².